The SMILES string of the molecule is CN(C)C(=O)CN=C(NC1CC1)NC1CCCC1C#N. The molecule has 0 radical (unpaired) electrons. The molecule has 2 saturated carbocycles. The summed E-state index contributed by atoms with van der Waals surface area (Å²) in [7, 11) is 3.45. The van der Waals surface area contributed by atoms with E-state index >= 15 is 0 Å². The summed E-state index contributed by atoms with van der Waals surface area (Å²) in [5, 5.41) is 15.8. The van der Waals surface area contributed by atoms with Gasteiger partial charge in [0, 0.05) is 26.2 Å². The number of likely N-dealkylation sites (N-methyl/N-ethyl adjacent to an activating group) is 1. The second kappa shape index (κ2) is 6.60. The van der Waals surface area contributed by atoms with Crippen molar-refractivity contribution < 1.29 is 4.79 Å². The standard InChI is InChI=1S/C14H23N5O/c1-19(2)13(20)9-16-14(17-11-6-7-11)18-12-5-3-4-10(12)8-15/h10-12H,3-7,9H2,1-2H3,(H2,16,17,18). The Bertz CT molecular complexity index is 422. The molecular weight excluding hydrogens is 254 g/mol. The fraction of sp³-hybridized carbons (Fsp3) is 0.786. The van der Waals surface area contributed by atoms with Gasteiger partial charge in [-0.15, -0.1) is 0 Å². The van der Waals surface area contributed by atoms with Gasteiger partial charge in [0.2, 0.25) is 5.91 Å². The highest BCUT2D eigenvalue weighted by molar-refractivity contribution is 5.85. The van der Waals surface area contributed by atoms with Crippen molar-refractivity contribution in [1.82, 2.24) is 15.5 Å². The number of carbonyl (C=O) groups excluding carboxylic acids is 1. The van der Waals surface area contributed by atoms with Crippen molar-refractivity contribution in [2.24, 2.45) is 10.9 Å². The van der Waals surface area contributed by atoms with Gasteiger partial charge >= 0.3 is 0 Å². The van der Waals surface area contributed by atoms with E-state index < -0.39 is 0 Å². The normalized spacial score (nSPS) is 25.9. The van der Waals surface area contributed by atoms with E-state index in [0.29, 0.717) is 12.0 Å². The number of nitrogens with one attached hydrogen (secondary N) is 2. The van der Waals surface area contributed by atoms with Gasteiger partial charge in [-0.3, -0.25) is 4.79 Å². The van der Waals surface area contributed by atoms with Gasteiger partial charge < -0.3 is 15.5 Å². The molecule has 20 heavy (non-hydrogen) atoms. The summed E-state index contributed by atoms with van der Waals surface area (Å²) in [5.74, 6) is 0.700. The molecule has 1 amide bonds. The highest BCUT2D eigenvalue weighted by Crippen LogP contribution is 2.25. The molecule has 0 bridgehead atoms. The van der Waals surface area contributed by atoms with Crippen LogP contribution in [0.3, 0.4) is 0 Å². The fourth-order valence-corrected chi connectivity index (χ4v) is 2.31. The molecule has 0 heterocycles. The molecule has 0 aromatic rings. The van der Waals surface area contributed by atoms with Crippen LogP contribution < -0.4 is 10.6 Å². The van der Waals surface area contributed by atoms with Gasteiger partial charge in [-0.1, -0.05) is 0 Å². The molecule has 2 N–H and O–H groups in total. The van der Waals surface area contributed by atoms with Gasteiger partial charge in [-0.2, -0.15) is 5.26 Å². The summed E-state index contributed by atoms with van der Waals surface area (Å²) in [5.41, 5.74) is 0. The summed E-state index contributed by atoms with van der Waals surface area (Å²) in [6.45, 7) is 0.138. The number of amides is 1. The third kappa shape index (κ3) is 4.12. The molecule has 110 valence electrons. The lowest BCUT2D eigenvalue weighted by molar-refractivity contribution is -0.127. The zero-order chi connectivity index (χ0) is 14.5. The zero-order valence-electron chi connectivity index (χ0n) is 12.2. The fourth-order valence-electron chi connectivity index (χ4n) is 2.31. The second-order valence-corrected chi connectivity index (χ2v) is 5.79. The molecule has 2 unspecified atom stereocenters. The van der Waals surface area contributed by atoms with E-state index in [1.165, 1.54) is 4.90 Å². The van der Waals surface area contributed by atoms with Crippen LogP contribution in [0.1, 0.15) is 32.1 Å². The van der Waals surface area contributed by atoms with Gasteiger partial charge in [0.25, 0.3) is 0 Å². The first kappa shape index (κ1) is 14.6. The Kier molecular flexibility index (Phi) is 4.83. The maximum atomic E-state index is 11.6. The van der Waals surface area contributed by atoms with Crippen molar-refractivity contribution >= 4 is 11.9 Å². The molecule has 6 heteroatoms. The zero-order valence-corrected chi connectivity index (χ0v) is 12.2. The Morgan fingerprint density at radius 1 is 1.30 bits per heavy atom. The third-order valence-electron chi connectivity index (χ3n) is 3.79. The third-order valence-corrected chi connectivity index (χ3v) is 3.79. The van der Waals surface area contributed by atoms with Crippen LogP contribution in [0.5, 0.6) is 0 Å². The smallest absolute Gasteiger partial charge is 0.243 e. The van der Waals surface area contributed by atoms with Crippen LogP contribution in [0.2, 0.25) is 0 Å². The molecule has 0 saturated heterocycles. The Hall–Kier alpha value is -1.77. The van der Waals surface area contributed by atoms with Crippen molar-refractivity contribution in [3.05, 3.63) is 0 Å². The minimum Gasteiger partial charge on any atom is -0.354 e. The number of rotatable bonds is 4. The van der Waals surface area contributed by atoms with Gasteiger partial charge in [-0.25, -0.2) is 4.99 Å². The molecule has 2 atom stereocenters. The first-order chi connectivity index (χ1) is 9.60. The Balaban J connectivity index is 1.94. The summed E-state index contributed by atoms with van der Waals surface area (Å²) >= 11 is 0. The van der Waals surface area contributed by atoms with Crippen molar-refractivity contribution in [2.45, 2.75) is 44.2 Å². The van der Waals surface area contributed by atoms with Crippen LogP contribution in [0.25, 0.3) is 0 Å². The van der Waals surface area contributed by atoms with Crippen LogP contribution in [-0.2, 0) is 4.79 Å². The minimum absolute atomic E-state index is 0.0230. The van der Waals surface area contributed by atoms with Crippen LogP contribution in [-0.4, -0.2) is 49.5 Å². The van der Waals surface area contributed by atoms with Crippen molar-refractivity contribution in [1.29, 1.82) is 5.26 Å². The molecular formula is C14H23N5O. The van der Waals surface area contributed by atoms with Gasteiger partial charge in [0.05, 0.1) is 12.0 Å². The maximum absolute atomic E-state index is 11.6. The lowest BCUT2D eigenvalue weighted by Crippen LogP contribution is -2.46. The molecule has 2 aliphatic rings. The van der Waals surface area contributed by atoms with Crippen LogP contribution in [0, 0.1) is 17.2 Å². The highest BCUT2D eigenvalue weighted by atomic mass is 16.2. The van der Waals surface area contributed by atoms with Gasteiger partial charge in [0.15, 0.2) is 5.96 Å². The minimum atomic E-state index is -0.0230. The molecule has 2 fully saturated rings. The summed E-state index contributed by atoms with van der Waals surface area (Å²) in [6.07, 6.45) is 5.30. The highest BCUT2D eigenvalue weighted by Gasteiger charge is 2.29. The Labute approximate surface area is 120 Å². The topological polar surface area (TPSA) is 80.5 Å². The predicted octanol–water partition coefficient (Wildman–Crippen LogP) is 0.464. The number of nitrogens with zero attached hydrogens (tertiary/aromatic N) is 3. The molecule has 6 nitrogen and oxygen atoms in total. The Morgan fingerprint density at radius 2 is 2.05 bits per heavy atom. The average Bonchev–Trinajstić information content (AvgIpc) is 3.12. The van der Waals surface area contributed by atoms with Gasteiger partial charge in [-0.05, 0) is 32.1 Å². The number of hydrogen-bond acceptors (Lipinski definition) is 3. The largest absolute Gasteiger partial charge is 0.354 e. The van der Waals surface area contributed by atoms with Crippen molar-refractivity contribution in [3.8, 4) is 6.07 Å². The van der Waals surface area contributed by atoms with Crippen LogP contribution >= 0.6 is 0 Å². The number of hydrogen-bond donors (Lipinski definition) is 2. The quantitative estimate of drug-likeness (QED) is 0.578. The van der Waals surface area contributed by atoms with E-state index in [0.717, 1.165) is 32.1 Å². The predicted molar refractivity (Wildman–Crippen MR) is 77.0 cm³/mol. The Morgan fingerprint density at radius 3 is 2.65 bits per heavy atom. The summed E-state index contributed by atoms with van der Waals surface area (Å²) in [4.78, 5) is 17.5. The number of nitriles is 1. The molecule has 0 aromatic carbocycles. The summed E-state index contributed by atoms with van der Waals surface area (Å²) in [6, 6.07) is 2.97. The lowest BCUT2D eigenvalue weighted by Gasteiger charge is -2.20. The second-order valence-electron chi connectivity index (χ2n) is 5.79. The van der Waals surface area contributed by atoms with Crippen molar-refractivity contribution in [3.63, 3.8) is 0 Å². The van der Waals surface area contributed by atoms with E-state index in [9.17, 15) is 4.79 Å². The van der Waals surface area contributed by atoms with E-state index in [1.807, 2.05) is 0 Å². The van der Waals surface area contributed by atoms with Crippen molar-refractivity contribution in [2.75, 3.05) is 20.6 Å². The first-order valence-corrected chi connectivity index (χ1v) is 7.27. The number of guanidine groups is 1. The van der Waals surface area contributed by atoms with E-state index in [4.69, 9.17) is 5.26 Å². The molecule has 2 aliphatic carbocycles. The summed E-state index contributed by atoms with van der Waals surface area (Å²) < 4.78 is 0. The molecule has 2 rings (SSSR count). The van der Waals surface area contributed by atoms with E-state index in [-0.39, 0.29) is 24.4 Å². The average molecular weight is 277 g/mol. The monoisotopic (exact) mass is 277 g/mol. The molecule has 0 aliphatic heterocycles. The lowest BCUT2D eigenvalue weighted by atomic mass is 10.1. The molecule has 0 aromatic heterocycles. The number of carbonyl (C=O) groups is 1. The first-order valence-electron chi connectivity index (χ1n) is 7.27. The molecule has 0 spiro atoms. The van der Waals surface area contributed by atoms with E-state index in [1.54, 1.807) is 14.1 Å². The number of aliphatic imine (C=N–C) groups is 1. The maximum Gasteiger partial charge on any atom is 0.243 e. The van der Waals surface area contributed by atoms with Gasteiger partial charge in [0.1, 0.15) is 6.54 Å². The van der Waals surface area contributed by atoms with Crippen LogP contribution in [0.15, 0.2) is 4.99 Å². The van der Waals surface area contributed by atoms with E-state index in [2.05, 4.69) is 21.7 Å². The van der Waals surface area contributed by atoms with Crippen LogP contribution in [0.4, 0.5) is 0 Å².